The fourth-order valence-corrected chi connectivity index (χ4v) is 4.57. The van der Waals surface area contributed by atoms with Gasteiger partial charge in [0.25, 0.3) is 0 Å². The Hall–Kier alpha value is -4.24. The third kappa shape index (κ3) is 3.21. The predicted octanol–water partition coefficient (Wildman–Crippen LogP) is 8.40. The zero-order valence-electron chi connectivity index (χ0n) is 17.7. The topological polar surface area (TPSA) is 4.93 Å². The first-order chi connectivity index (χ1) is 16.2. The number of hydrogen-bond acceptors (Lipinski definition) is 0. The van der Waals surface area contributed by atoms with Crippen molar-refractivity contribution in [3.8, 4) is 27.9 Å². The summed E-state index contributed by atoms with van der Waals surface area (Å²) in [7, 11) is 0. The average molecular weight is 431 g/mol. The van der Waals surface area contributed by atoms with Gasteiger partial charge in [0.2, 0.25) is 0 Å². The fourth-order valence-electron chi connectivity index (χ4n) is 4.57. The maximum Gasteiger partial charge on any atom is 0.182 e. The van der Waals surface area contributed by atoms with Crippen LogP contribution in [0.3, 0.4) is 0 Å². The first-order valence-corrected chi connectivity index (χ1v) is 10.8. The Morgan fingerprint density at radius 3 is 1.48 bits per heavy atom. The summed E-state index contributed by atoms with van der Waals surface area (Å²) in [6, 6.07) is 36.9. The van der Waals surface area contributed by atoms with Crippen molar-refractivity contribution < 1.29 is 8.78 Å². The van der Waals surface area contributed by atoms with Crippen LogP contribution < -0.4 is 0 Å². The summed E-state index contributed by atoms with van der Waals surface area (Å²) in [6.07, 6.45) is 0. The van der Waals surface area contributed by atoms with Gasteiger partial charge in [-0.3, -0.25) is 0 Å². The van der Waals surface area contributed by atoms with Crippen LogP contribution in [0.2, 0.25) is 0 Å². The average Bonchev–Trinajstić information content (AvgIpc) is 3.19. The molecule has 0 aliphatic carbocycles. The second kappa shape index (κ2) is 7.72. The molecular weight excluding hydrogens is 412 g/mol. The molecular formula is C30H19F2N. The lowest BCUT2D eigenvalue weighted by molar-refractivity contribution is 0.505. The van der Waals surface area contributed by atoms with Crippen LogP contribution in [0.5, 0.6) is 0 Å². The number of halogens is 2. The van der Waals surface area contributed by atoms with E-state index in [1.807, 2.05) is 65.2 Å². The van der Waals surface area contributed by atoms with E-state index < -0.39 is 11.6 Å². The van der Waals surface area contributed by atoms with E-state index in [9.17, 15) is 8.78 Å². The monoisotopic (exact) mass is 431 g/mol. The number of benzene rings is 5. The highest BCUT2D eigenvalue weighted by Crippen LogP contribution is 2.37. The highest BCUT2D eigenvalue weighted by molar-refractivity contribution is 6.11. The van der Waals surface area contributed by atoms with Gasteiger partial charge in [-0.1, -0.05) is 78.9 Å². The summed E-state index contributed by atoms with van der Waals surface area (Å²) in [5.74, 6) is -1.71. The highest BCUT2D eigenvalue weighted by atomic mass is 19.2. The Morgan fingerprint density at radius 1 is 0.455 bits per heavy atom. The van der Waals surface area contributed by atoms with E-state index in [2.05, 4.69) is 36.4 Å². The maximum atomic E-state index is 14.9. The summed E-state index contributed by atoms with van der Waals surface area (Å²) < 4.78 is 30.9. The quantitative estimate of drug-likeness (QED) is 0.265. The molecule has 1 nitrogen and oxygen atoms in total. The summed E-state index contributed by atoms with van der Waals surface area (Å²) >= 11 is 0. The fraction of sp³-hybridized carbons (Fsp3) is 0. The van der Waals surface area contributed by atoms with E-state index >= 15 is 0 Å². The van der Waals surface area contributed by atoms with Crippen molar-refractivity contribution in [3.05, 3.63) is 127 Å². The van der Waals surface area contributed by atoms with E-state index in [4.69, 9.17) is 0 Å². The lowest BCUT2D eigenvalue weighted by Gasteiger charge is -2.10. The van der Waals surface area contributed by atoms with Gasteiger partial charge in [-0.05, 0) is 58.7 Å². The van der Waals surface area contributed by atoms with Gasteiger partial charge in [0.05, 0.1) is 16.7 Å². The standard InChI is InChI=1S/C30H19F2N/c31-26-12-7-13-29(30(26)32)33-27-16-14-22(20-8-3-1-4-9-20)18-24(27)25-19-23(15-17-28(25)33)21-10-5-2-6-11-21/h1-19H. The van der Waals surface area contributed by atoms with Crippen molar-refractivity contribution in [1.82, 2.24) is 4.57 Å². The van der Waals surface area contributed by atoms with Gasteiger partial charge < -0.3 is 4.57 Å². The summed E-state index contributed by atoms with van der Waals surface area (Å²) in [5.41, 5.74) is 6.24. The summed E-state index contributed by atoms with van der Waals surface area (Å²) in [4.78, 5) is 0. The van der Waals surface area contributed by atoms with E-state index in [0.29, 0.717) is 0 Å². The molecule has 0 unspecified atom stereocenters. The first kappa shape index (κ1) is 19.4. The van der Waals surface area contributed by atoms with Gasteiger partial charge in [0.1, 0.15) is 0 Å². The van der Waals surface area contributed by atoms with Crippen LogP contribution in [-0.4, -0.2) is 4.57 Å². The van der Waals surface area contributed by atoms with Crippen LogP contribution in [0.1, 0.15) is 0 Å². The zero-order chi connectivity index (χ0) is 22.4. The Balaban J connectivity index is 1.69. The molecule has 0 radical (unpaired) electrons. The van der Waals surface area contributed by atoms with Crippen molar-refractivity contribution in [3.63, 3.8) is 0 Å². The molecule has 0 bridgehead atoms. The minimum absolute atomic E-state index is 0.204. The van der Waals surface area contributed by atoms with E-state index in [1.165, 1.54) is 0 Å². The van der Waals surface area contributed by atoms with Crippen molar-refractivity contribution in [2.75, 3.05) is 0 Å². The molecule has 1 heterocycles. The van der Waals surface area contributed by atoms with Gasteiger partial charge in [-0.2, -0.15) is 0 Å². The second-order valence-electron chi connectivity index (χ2n) is 8.10. The predicted molar refractivity (Wildman–Crippen MR) is 132 cm³/mol. The molecule has 3 heteroatoms. The van der Waals surface area contributed by atoms with Crippen LogP contribution in [0.25, 0.3) is 49.7 Å². The third-order valence-corrected chi connectivity index (χ3v) is 6.15. The van der Waals surface area contributed by atoms with Gasteiger partial charge in [-0.25, -0.2) is 8.78 Å². The Morgan fingerprint density at radius 2 is 0.970 bits per heavy atom. The molecule has 6 aromatic rings. The molecule has 0 amide bonds. The molecule has 6 rings (SSSR count). The van der Waals surface area contributed by atoms with Gasteiger partial charge in [-0.15, -0.1) is 0 Å². The summed E-state index contributed by atoms with van der Waals surface area (Å²) in [5, 5.41) is 1.99. The molecule has 0 atom stereocenters. The van der Waals surface area contributed by atoms with E-state index in [0.717, 1.165) is 50.1 Å². The number of fused-ring (bicyclic) bond motifs is 3. The molecule has 0 N–H and O–H groups in total. The van der Waals surface area contributed by atoms with Crippen LogP contribution in [0.15, 0.2) is 115 Å². The van der Waals surface area contributed by atoms with Crippen molar-refractivity contribution in [2.45, 2.75) is 0 Å². The number of rotatable bonds is 3. The van der Waals surface area contributed by atoms with Crippen molar-refractivity contribution >= 4 is 21.8 Å². The van der Waals surface area contributed by atoms with Gasteiger partial charge in [0.15, 0.2) is 11.6 Å². The zero-order valence-corrected chi connectivity index (χ0v) is 17.7. The minimum atomic E-state index is -0.857. The molecule has 0 aliphatic heterocycles. The smallest absolute Gasteiger partial charge is 0.182 e. The normalized spacial score (nSPS) is 11.3. The Bertz CT molecular complexity index is 1520. The van der Waals surface area contributed by atoms with Crippen LogP contribution in [0.4, 0.5) is 8.78 Å². The number of hydrogen-bond donors (Lipinski definition) is 0. The second-order valence-corrected chi connectivity index (χ2v) is 8.10. The van der Waals surface area contributed by atoms with Crippen LogP contribution in [0, 0.1) is 11.6 Å². The van der Waals surface area contributed by atoms with Crippen LogP contribution >= 0.6 is 0 Å². The van der Waals surface area contributed by atoms with Gasteiger partial charge >= 0.3 is 0 Å². The number of nitrogens with zero attached hydrogens (tertiary/aromatic N) is 1. The molecule has 0 saturated carbocycles. The lowest BCUT2D eigenvalue weighted by atomic mass is 10.0. The molecule has 0 saturated heterocycles. The Kier molecular flexibility index (Phi) is 4.55. The molecule has 0 fully saturated rings. The van der Waals surface area contributed by atoms with Crippen molar-refractivity contribution in [1.29, 1.82) is 0 Å². The number of aromatic nitrogens is 1. The largest absolute Gasteiger partial charge is 0.306 e. The van der Waals surface area contributed by atoms with E-state index in [1.54, 1.807) is 12.1 Å². The van der Waals surface area contributed by atoms with Crippen molar-refractivity contribution in [2.24, 2.45) is 0 Å². The van der Waals surface area contributed by atoms with Gasteiger partial charge in [0, 0.05) is 10.8 Å². The highest BCUT2D eigenvalue weighted by Gasteiger charge is 2.18. The molecule has 1 aromatic heterocycles. The molecule has 158 valence electrons. The molecule has 0 spiro atoms. The Labute approximate surface area is 190 Å². The third-order valence-electron chi connectivity index (χ3n) is 6.15. The van der Waals surface area contributed by atoms with Crippen LogP contribution in [-0.2, 0) is 0 Å². The lowest BCUT2D eigenvalue weighted by Crippen LogP contribution is -1.99. The maximum absolute atomic E-state index is 14.9. The molecule has 33 heavy (non-hydrogen) atoms. The summed E-state index contributed by atoms with van der Waals surface area (Å²) in [6.45, 7) is 0. The molecule has 5 aromatic carbocycles. The van der Waals surface area contributed by atoms with E-state index in [-0.39, 0.29) is 5.69 Å². The SMILES string of the molecule is Fc1cccc(-n2c3ccc(-c4ccccc4)cc3c3cc(-c4ccccc4)ccc32)c1F. The molecule has 0 aliphatic rings. The minimum Gasteiger partial charge on any atom is -0.306 e. The first-order valence-electron chi connectivity index (χ1n) is 10.8.